The van der Waals surface area contributed by atoms with Crippen LogP contribution in [0.5, 0.6) is 0 Å². The molecule has 2 nitrogen and oxygen atoms in total. The molecule has 0 bridgehead atoms. The van der Waals surface area contributed by atoms with Crippen LogP contribution in [0.2, 0.25) is 0 Å². The summed E-state index contributed by atoms with van der Waals surface area (Å²) in [6, 6.07) is 9.36. The van der Waals surface area contributed by atoms with Gasteiger partial charge in [0.25, 0.3) is 0 Å². The van der Waals surface area contributed by atoms with Crippen molar-refractivity contribution in [2.75, 3.05) is 19.4 Å². The molecule has 1 saturated carbocycles. The lowest BCUT2D eigenvalue weighted by molar-refractivity contribution is -0.147. The minimum absolute atomic E-state index is 0.227. The van der Waals surface area contributed by atoms with E-state index in [0.717, 1.165) is 13.2 Å². The molecular weight excluding hydrogens is 278 g/mol. The maximum atomic E-state index is 6.12. The molecule has 3 heteroatoms. The lowest BCUT2D eigenvalue weighted by atomic mass is 9.69. The SMILES string of the molecule is CCNC(c1ccccc1SC)C1CCOC2(CCC2)C1. The van der Waals surface area contributed by atoms with E-state index in [1.807, 2.05) is 11.8 Å². The van der Waals surface area contributed by atoms with Gasteiger partial charge >= 0.3 is 0 Å². The normalized spacial score (nSPS) is 25.5. The fourth-order valence-electron chi connectivity index (χ4n) is 3.94. The molecule has 1 aliphatic heterocycles. The van der Waals surface area contributed by atoms with Crippen molar-refractivity contribution in [2.45, 2.75) is 55.6 Å². The van der Waals surface area contributed by atoms with Crippen LogP contribution in [0.1, 0.15) is 50.6 Å². The fourth-order valence-corrected chi connectivity index (χ4v) is 4.59. The highest BCUT2D eigenvalue weighted by atomic mass is 32.2. The van der Waals surface area contributed by atoms with Gasteiger partial charge in [-0.25, -0.2) is 0 Å². The number of nitrogens with one attached hydrogen (secondary N) is 1. The van der Waals surface area contributed by atoms with Crippen LogP contribution >= 0.6 is 11.8 Å². The first-order valence-corrected chi connectivity index (χ1v) is 9.51. The molecule has 2 aliphatic rings. The zero-order valence-electron chi connectivity index (χ0n) is 13.2. The number of rotatable bonds is 5. The molecule has 2 unspecified atom stereocenters. The van der Waals surface area contributed by atoms with Crippen molar-refractivity contribution in [1.29, 1.82) is 0 Å². The second kappa shape index (κ2) is 6.72. The Bertz CT molecular complexity index is 472. The molecule has 2 fully saturated rings. The zero-order valence-corrected chi connectivity index (χ0v) is 14.0. The van der Waals surface area contributed by atoms with E-state index in [2.05, 4.69) is 42.8 Å². The highest BCUT2D eigenvalue weighted by molar-refractivity contribution is 7.98. The van der Waals surface area contributed by atoms with Gasteiger partial charge in [-0.15, -0.1) is 11.8 Å². The van der Waals surface area contributed by atoms with Crippen molar-refractivity contribution in [3.63, 3.8) is 0 Å². The van der Waals surface area contributed by atoms with Crippen LogP contribution in [0.15, 0.2) is 29.2 Å². The molecule has 1 N–H and O–H groups in total. The number of hydrogen-bond donors (Lipinski definition) is 1. The molecule has 1 saturated heterocycles. The first-order valence-electron chi connectivity index (χ1n) is 8.28. The van der Waals surface area contributed by atoms with E-state index in [9.17, 15) is 0 Å². The highest BCUT2D eigenvalue weighted by Crippen LogP contribution is 2.47. The Hall–Kier alpha value is -0.510. The van der Waals surface area contributed by atoms with Gasteiger partial charge in [0, 0.05) is 17.5 Å². The maximum Gasteiger partial charge on any atom is 0.0686 e. The molecule has 0 radical (unpaired) electrons. The molecule has 1 aromatic carbocycles. The number of benzene rings is 1. The van der Waals surface area contributed by atoms with E-state index in [1.54, 1.807) is 0 Å². The summed E-state index contributed by atoms with van der Waals surface area (Å²) < 4.78 is 6.12. The molecule has 1 heterocycles. The Morgan fingerprint density at radius 1 is 1.38 bits per heavy atom. The monoisotopic (exact) mass is 305 g/mol. The zero-order chi connectivity index (χ0) is 14.7. The maximum absolute atomic E-state index is 6.12. The van der Waals surface area contributed by atoms with Gasteiger partial charge in [-0.3, -0.25) is 0 Å². The lowest BCUT2D eigenvalue weighted by Crippen LogP contribution is -2.48. The molecular formula is C18H27NOS. The van der Waals surface area contributed by atoms with Crippen LogP contribution in [-0.4, -0.2) is 25.0 Å². The van der Waals surface area contributed by atoms with Gasteiger partial charge in [-0.1, -0.05) is 25.1 Å². The van der Waals surface area contributed by atoms with Crippen LogP contribution in [-0.2, 0) is 4.74 Å². The van der Waals surface area contributed by atoms with E-state index in [-0.39, 0.29) is 5.60 Å². The number of ether oxygens (including phenoxy) is 1. The Balaban J connectivity index is 1.83. The average molecular weight is 305 g/mol. The summed E-state index contributed by atoms with van der Waals surface area (Å²) in [5.41, 5.74) is 1.71. The standard InChI is InChI=1S/C18H27NOS/c1-3-19-17(15-7-4-5-8-16(15)21-2)14-9-12-20-18(13-14)10-6-11-18/h4-5,7-8,14,17,19H,3,6,9-13H2,1-2H3. The third-order valence-corrected chi connectivity index (χ3v) is 5.98. The smallest absolute Gasteiger partial charge is 0.0686 e. The van der Waals surface area contributed by atoms with Gasteiger partial charge in [-0.2, -0.15) is 0 Å². The van der Waals surface area contributed by atoms with E-state index in [0.29, 0.717) is 12.0 Å². The quantitative estimate of drug-likeness (QED) is 0.814. The molecule has 1 aliphatic carbocycles. The average Bonchev–Trinajstić information content (AvgIpc) is 2.51. The van der Waals surface area contributed by atoms with Crippen LogP contribution < -0.4 is 5.32 Å². The van der Waals surface area contributed by atoms with Crippen molar-refractivity contribution < 1.29 is 4.74 Å². The molecule has 1 aromatic rings. The second-order valence-corrected chi connectivity index (χ2v) is 7.26. The van der Waals surface area contributed by atoms with Gasteiger partial charge in [0.15, 0.2) is 0 Å². The topological polar surface area (TPSA) is 21.3 Å². The molecule has 3 rings (SSSR count). The largest absolute Gasteiger partial charge is 0.375 e. The van der Waals surface area contributed by atoms with Gasteiger partial charge in [-0.05, 0) is 62.5 Å². The molecule has 1 spiro atoms. The van der Waals surface area contributed by atoms with E-state index in [4.69, 9.17) is 4.74 Å². The molecule has 116 valence electrons. The van der Waals surface area contributed by atoms with Gasteiger partial charge in [0.05, 0.1) is 5.60 Å². The summed E-state index contributed by atoms with van der Waals surface area (Å²) in [7, 11) is 0. The van der Waals surface area contributed by atoms with E-state index in [1.165, 1.54) is 42.6 Å². The summed E-state index contributed by atoms with van der Waals surface area (Å²) in [6.07, 6.45) is 8.48. The third kappa shape index (κ3) is 3.15. The van der Waals surface area contributed by atoms with Crippen molar-refractivity contribution in [3.8, 4) is 0 Å². The predicted octanol–water partition coefficient (Wildman–Crippen LogP) is 4.41. The first kappa shape index (κ1) is 15.4. The predicted molar refractivity (Wildman–Crippen MR) is 89.9 cm³/mol. The van der Waals surface area contributed by atoms with Crippen LogP contribution in [0.4, 0.5) is 0 Å². The van der Waals surface area contributed by atoms with Crippen LogP contribution in [0.3, 0.4) is 0 Å². The molecule has 0 amide bonds. The number of hydrogen-bond acceptors (Lipinski definition) is 3. The van der Waals surface area contributed by atoms with Crippen molar-refractivity contribution >= 4 is 11.8 Å². The Kier molecular flexibility index (Phi) is 4.92. The van der Waals surface area contributed by atoms with E-state index < -0.39 is 0 Å². The van der Waals surface area contributed by atoms with Gasteiger partial charge in [0.2, 0.25) is 0 Å². The minimum atomic E-state index is 0.227. The van der Waals surface area contributed by atoms with Crippen molar-refractivity contribution in [2.24, 2.45) is 5.92 Å². The Labute approximate surface area is 133 Å². The first-order chi connectivity index (χ1) is 10.3. The van der Waals surface area contributed by atoms with Gasteiger partial charge in [0.1, 0.15) is 0 Å². The Morgan fingerprint density at radius 3 is 2.86 bits per heavy atom. The van der Waals surface area contributed by atoms with E-state index >= 15 is 0 Å². The molecule has 21 heavy (non-hydrogen) atoms. The highest BCUT2D eigenvalue weighted by Gasteiger charge is 2.44. The summed E-state index contributed by atoms with van der Waals surface area (Å²) in [4.78, 5) is 1.41. The molecule has 2 atom stereocenters. The Morgan fingerprint density at radius 2 is 2.19 bits per heavy atom. The summed E-state index contributed by atoms with van der Waals surface area (Å²) in [6.45, 7) is 4.18. The summed E-state index contributed by atoms with van der Waals surface area (Å²) in [5.74, 6) is 0.701. The number of thioether (sulfide) groups is 1. The fraction of sp³-hybridized carbons (Fsp3) is 0.667. The van der Waals surface area contributed by atoms with Crippen molar-refractivity contribution in [1.82, 2.24) is 5.32 Å². The van der Waals surface area contributed by atoms with Crippen LogP contribution in [0.25, 0.3) is 0 Å². The minimum Gasteiger partial charge on any atom is -0.375 e. The summed E-state index contributed by atoms with van der Waals surface area (Å²) in [5, 5.41) is 3.76. The molecule has 0 aromatic heterocycles. The van der Waals surface area contributed by atoms with Crippen molar-refractivity contribution in [3.05, 3.63) is 29.8 Å². The van der Waals surface area contributed by atoms with Crippen LogP contribution in [0, 0.1) is 5.92 Å². The summed E-state index contributed by atoms with van der Waals surface area (Å²) >= 11 is 1.86. The second-order valence-electron chi connectivity index (χ2n) is 6.42. The lowest BCUT2D eigenvalue weighted by Gasteiger charge is -2.49. The third-order valence-electron chi connectivity index (χ3n) is 5.17. The van der Waals surface area contributed by atoms with Gasteiger partial charge < -0.3 is 10.1 Å².